The van der Waals surface area contributed by atoms with Crippen LogP contribution in [-0.4, -0.2) is 9.97 Å². The van der Waals surface area contributed by atoms with Crippen LogP contribution in [0.15, 0.2) is 222 Å². The summed E-state index contributed by atoms with van der Waals surface area (Å²) in [5, 5.41) is 11.9. The van der Waals surface area contributed by atoms with E-state index in [9.17, 15) is 5.26 Å². The predicted octanol–water partition coefficient (Wildman–Crippen LogP) is 14.7. The molecule has 3 nitrogen and oxygen atoms in total. The van der Waals surface area contributed by atoms with Crippen molar-refractivity contribution in [1.29, 1.82) is 5.26 Å². The lowest BCUT2D eigenvalue weighted by Crippen LogP contribution is -2.32. The first-order valence-electron chi connectivity index (χ1n) is 20.9. The molecule has 1 unspecified atom stereocenters. The van der Waals surface area contributed by atoms with Gasteiger partial charge in [-0.15, -0.1) is 0 Å². The molecule has 1 aliphatic carbocycles. The zero-order valence-electron chi connectivity index (χ0n) is 33.5. The highest BCUT2D eigenvalue weighted by Crippen LogP contribution is 2.64. The fourth-order valence-corrected chi connectivity index (χ4v) is 11.3. The maximum Gasteiger partial charge on any atom is 0.160 e. The van der Waals surface area contributed by atoms with Gasteiger partial charge in [-0.2, -0.15) is 5.26 Å². The van der Waals surface area contributed by atoms with Crippen molar-refractivity contribution < 1.29 is 0 Å². The molecular weight excluding hydrogens is 771 g/mol. The summed E-state index contributed by atoms with van der Waals surface area (Å²) in [7, 11) is 0. The van der Waals surface area contributed by atoms with E-state index in [0.29, 0.717) is 11.4 Å². The van der Waals surface area contributed by atoms with Gasteiger partial charge in [0.25, 0.3) is 0 Å². The van der Waals surface area contributed by atoms with Gasteiger partial charge in [0.2, 0.25) is 0 Å². The fourth-order valence-electron chi connectivity index (χ4n) is 9.97. The second-order valence-electron chi connectivity index (χ2n) is 15.9. The number of nitriles is 1. The average Bonchev–Trinajstić information content (AvgIpc) is 3.65. The summed E-state index contributed by atoms with van der Waals surface area (Å²) >= 11 is 1.88. The summed E-state index contributed by atoms with van der Waals surface area (Å²) in [6, 6.07) is 78.0. The molecule has 1 atom stereocenters. The van der Waals surface area contributed by atoms with Crippen LogP contribution in [0.3, 0.4) is 0 Å². The number of hydrogen-bond donors (Lipinski definition) is 0. The smallest absolute Gasteiger partial charge is 0.160 e. The Kier molecular flexibility index (Phi) is 8.38. The Morgan fingerprint density at radius 2 is 0.984 bits per heavy atom. The van der Waals surface area contributed by atoms with Crippen LogP contribution in [0.1, 0.15) is 27.8 Å². The van der Waals surface area contributed by atoms with Gasteiger partial charge in [0.05, 0.1) is 28.4 Å². The van der Waals surface area contributed by atoms with Gasteiger partial charge in [0, 0.05) is 26.5 Å². The van der Waals surface area contributed by atoms with Crippen LogP contribution >= 0.6 is 11.8 Å². The van der Waals surface area contributed by atoms with E-state index in [2.05, 4.69) is 182 Å². The molecule has 288 valence electrons. The van der Waals surface area contributed by atoms with E-state index in [1.807, 2.05) is 48.2 Å². The molecule has 0 radical (unpaired) electrons. The summed E-state index contributed by atoms with van der Waals surface area (Å²) in [6.45, 7) is 0. The van der Waals surface area contributed by atoms with E-state index in [4.69, 9.17) is 9.97 Å². The van der Waals surface area contributed by atoms with E-state index >= 15 is 0 Å². The van der Waals surface area contributed by atoms with Crippen molar-refractivity contribution in [3.63, 3.8) is 0 Å². The molecule has 2 aliphatic rings. The van der Waals surface area contributed by atoms with Crippen LogP contribution in [0, 0.1) is 11.3 Å². The minimum absolute atomic E-state index is 0.592. The highest BCUT2D eigenvalue weighted by molar-refractivity contribution is 7.99. The Bertz CT molecular complexity index is 3390. The van der Waals surface area contributed by atoms with Crippen LogP contribution in [0.2, 0.25) is 0 Å². The van der Waals surface area contributed by atoms with Gasteiger partial charge < -0.3 is 0 Å². The first kappa shape index (κ1) is 36.0. The van der Waals surface area contributed by atoms with Crippen molar-refractivity contribution >= 4 is 22.5 Å². The van der Waals surface area contributed by atoms with Crippen LogP contribution in [0.25, 0.3) is 78.1 Å². The summed E-state index contributed by atoms with van der Waals surface area (Å²) in [4.78, 5) is 13.0. The first-order chi connectivity index (χ1) is 30.7. The molecule has 10 aromatic rings. The van der Waals surface area contributed by atoms with Crippen molar-refractivity contribution in [2.45, 2.75) is 15.2 Å². The molecule has 12 rings (SSSR count). The number of nitrogens with zero attached hydrogens (tertiary/aromatic N) is 3. The van der Waals surface area contributed by atoms with Gasteiger partial charge in [-0.1, -0.05) is 200 Å². The highest BCUT2D eigenvalue weighted by atomic mass is 32.2. The topological polar surface area (TPSA) is 49.6 Å². The predicted molar refractivity (Wildman–Crippen MR) is 253 cm³/mol. The molecule has 0 bridgehead atoms. The highest BCUT2D eigenvalue weighted by Gasteiger charge is 2.51. The van der Waals surface area contributed by atoms with Gasteiger partial charge in [0.1, 0.15) is 0 Å². The van der Waals surface area contributed by atoms with Crippen LogP contribution < -0.4 is 0 Å². The second kappa shape index (κ2) is 14.4. The molecule has 4 heteroatoms. The summed E-state index contributed by atoms with van der Waals surface area (Å²) < 4.78 is 0. The SMILES string of the molecule is N#Cc1ccc(-c2ccc(-c3cccc4c3Sc3ccccc3C43c4ccccc4-c4c(-c5cc(-c6ccccc6)nc(-c6ccccc6)n5)cccc43)c3ccccc23)cc1. The molecule has 62 heavy (non-hydrogen) atoms. The van der Waals surface area contributed by atoms with Crippen LogP contribution in [0.4, 0.5) is 0 Å². The number of aromatic nitrogens is 2. The largest absolute Gasteiger partial charge is 0.228 e. The normalized spacial score (nSPS) is 14.4. The Hall–Kier alpha value is -7.84. The zero-order valence-corrected chi connectivity index (χ0v) is 34.3. The van der Waals surface area contributed by atoms with E-state index < -0.39 is 5.41 Å². The molecule has 0 N–H and O–H groups in total. The molecule has 2 heterocycles. The molecule has 9 aromatic carbocycles. The maximum absolute atomic E-state index is 9.48. The summed E-state index contributed by atoms with van der Waals surface area (Å²) in [6.07, 6.45) is 0. The summed E-state index contributed by atoms with van der Waals surface area (Å²) in [5.41, 5.74) is 17.1. The fraction of sp³-hybridized carbons (Fsp3) is 0.0172. The molecule has 0 saturated carbocycles. The third-order valence-corrected chi connectivity index (χ3v) is 13.9. The monoisotopic (exact) mass is 805 g/mol. The van der Waals surface area contributed by atoms with Gasteiger partial charge >= 0.3 is 0 Å². The van der Waals surface area contributed by atoms with E-state index in [0.717, 1.165) is 39.2 Å². The molecular formula is C58H35N3S. The quantitative estimate of drug-likeness (QED) is 0.174. The number of hydrogen-bond acceptors (Lipinski definition) is 4. The first-order valence-corrected chi connectivity index (χ1v) is 21.7. The van der Waals surface area contributed by atoms with Crippen molar-refractivity contribution in [3.8, 4) is 73.4 Å². The molecule has 0 amide bonds. The molecule has 0 fully saturated rings. The molecule has 1 aromatic heterocycles. The molecule has 1 spiro atoms. The van der Waals surface area contributed by atoms with Gasteiger partial charge in [0.15, 0.2) is 5.82 Å². The zero-order chi connectivity index (χ0) is 41.2. The van der Waals surface area contributed by atoms with Crippen molar-refractivity contribution in [3.05, 3.63) is 240 Å². The van der Waals surface area contributed by atoms with E-state index in [1.54, 1.807) is 0 Å². The Morgan fingerprint density at radius 1 is 0.403 bits per heavy atom. The number of benzene rings is 9. The molecule has 0 saturated heterocycles. The average molecular weight is 806 g/mol. The summed E-state index contributed by atoms with van der Waals surface area (Å²) in [5.74, 6) is 0.701. The van der Waals surface area contributed by atoms with E-state index in [1.165, 1.54) is 65.1 Å². The minimum atomic E-state index is -0.592. The number of fused-ring (bicyclic) bond motifs is 10. The van der Waals surface area contributed by atoms with Crippen molar-refractivity contribution in [2.75, 3.05) is 0 Å². The van der Waals surface area contributed by atoms with E-state index in [-0.39, 0.29) is 0 Å². The molecule has 1 aliphatic heterocycles. The van der Waals surface area contributed by atoms with Crippen LogP contribution in [-0.2, 0) is 5.41 Å². The van der Waals surface area contributed by atoms with Crippen molar-refractivity contribution in [2.24, 2.45) is 0 Å². The lowest BCUT2D eigenvalue weighted by atomic mass is 9.67. The third kappa shape index (κ3) is 5.46. The van der Waals surface area contributed by atoms with Gasteiger partial charge in [-0.3, -0.25) is 0 Å². The third-order valence-electron chi connectivity index (χ3n) is 12.6. The van der Waals surface area contributed by atoms with Gasteiger partial charge in [-0.05, 0) is 90.7 Å². The number of rotatable bonds is 5. The maximum atomic E-state index is 9.48. The lowest BCUT2D eigenvalue weighted by molar-refractivity contribution is 0.723. The van der Waals surface area contributed by atoms with Crippen LogP contribution in [0.5, 0.6) is 0 Å². The minimum Gasteiger partial charge on any atom is -0.228 e. The van der Waals surface area contributed by atoms with Gasteiger partial charge in [-0.25, -0.2) is 9.97 Å². The second-order valence-corrected chi connectivity index (χ2v) is 16.9. The lowest BCUT2D eigenvalue weighted by Gasteiger charge is -2.40. The Balaban J connectivity index is 1.11. The standard InChI is InChI=1S/C58H35N3S/c59-36-37-29-31-38(32-30-37)41-33-34-44(43-20-8-7-19-42(41)43)45-22-13-27-51-56(45)62-54-28-12-11-25-49(54)58(51)48-24-10-9-21-46(48)55-47(23-14-26-50(55)58)53-35-52(39-15-3-1-4-16-39)60-57(61-53)40-17-5-2-6-18-40/h1-35H. The Morgan fingerprint density at radius 3 is 1.76 bits per heavy atom. The Labute approximate surface area is 364 Å². The van der Waals surface area contributed by atoms with Crippen molar-refractivity contribution in [1.82, 2.24) is 9.97 Å².